The van der Waals surface area contributed by atoms with Crippen LogP contribution < -0.4 is 5.32 Å². The lowest BCUT2D eigenvalue weighted by Gasteiger charge is -2.37. The Bertz CT molecular complexity index is 762. The fourth-order valence-corrected chi connectivity index (χ4v) is 3.91. The second-order valence-electron chi connectivity index (χ2n) is 7.12. The quantitative estimate of drug-likeness (QED) is 0.905. The number of aromatic nitrogens is 2. The molecular weight excluding hydrogens is 302 g/mol. The number of aliphatic hydroxyl groups is 1. The summed E-state index contributed by atoms with van der Waals surface area (Å²) in [7, 11) is 1.87. The first kappa shape index (κ1) is 15.4. The van der Waals surface area contributed by atoms with E-state index in [0.717, 1.165) is 36.8 Å². The molecule has 1 heterocycles. The first-order valence-corrected chi connectivity index (χ1v) is 8.69. The third-order valence-corrected chi connectivity index (χ3v) is 5.35. The highest BCUT2D eigenvalue weighted by atomic mass is 16.3. The fourth-order valence-electron chi connectivity index (χ4n) is 3.91. The van der Waals surface area contributed by atoms with Crippen molar-refractivity contribution in [2.45, 2.75) is 44.2 Å². The predicted octanol–water partition coefficient (Wildman–Crippen LogP) is 2.15. The van der Waals surface area contributed by atoms with Crippen LogP contribution in [0.15, 0.2) is 30.6 Å². The van der Waals surface area contributed by atoms with Gasteiger partial charge in [-0.1, -0.05) is 6.07 Å². The summed E-state index contributed by atoms with van der Waals surface area (Å²) in [6.45, 7) is 0. The number of fused-ring (bicyclic) bond motifs is 1. The number of benzene rings is 1. The lowest BCUT2D eigenvalue weighted by molar-refractivity contribution is 0.0235. The highest BCUT2D eigenvalue weighted by Gasteiger charge is 2.36. The maximum atomic E-state index is 12.8. The molecule has 5 nitrogen and oxygen atoms in total. The molecular formula is C19H23N3O2. The molecule has 1 aromatic carbocycles. The molecule has 0 radical (unpaired) electrons. The van der Waals surface area contributed by atoms with Crippen LogP contribution in [0.3, 0.4) is 0 Å². The van der Waals surface area contributed by atoms with E-state index in [1.54, 1.807) is 10.9 Å². The highest BCUT2D eigenvalue weighted by molar-refractivity contribution is 5.94. The highest BCUT2D eigenvalue weighted by Crippen LogP contribution is 2.38. The van der Waals surface area contributed by atoms with Crippen LogP contribution in [-0.2, 0) is 19.9 Å². The average Bonchev–Trinajstić information content (AvgIpc) is 3.17. The van der Waals surface area contributed by atoms with Gasteiger partial charge >= 0.3 is 0 Å². The molecule has 1 aromatic heterocycles. The van der Waals surface area contributed by atoms with Crippen LogP contribution in [0.5, 0.6) is 0 Å². The van der Waals surface area contributed by atoms with Gasteiger partial charge in [-0.15, -0.1) is 0 Å². The molecule has 1 fully saturated rings. The van der Waals surface area contributed by atoms with Crippen LogP contribution in [-0.4, -0.2) is 26.9 Å². The van der Waals surface area contributed by atoms with Gasteiger partial charge in [-0.25, -0.2) is 0 Å². The lowest BCUT2D eigenvalue weighted by Crippen LogP contribution is -2.41. The van der Waals surface area contributed by atoms with Crippen molar-refractivity contribution in [2.24, 2.45) is 13.0 Å². The van der Waals surface area contributed by atoms with E-state index in [0.29, 0.717) is 0 Å². The van der Waals surface area contributed by atoms with E-state index < -0.39 is 0 Å². The van der Waals surface area contributed by atoms with Crippen LogP contribution >= 0.6 is 0 Å². The Kier molecular flexibility index (Phi) is 3.88. The standard InChI is InChI=1S/C19H23N3O2/c1-22-11-16(10-20-22)18(15-8-17(23)9-15)21-19(24)14-6-5-12-3-2-4-13(12)7-14/h5-7,10-11,15,17-18,23H,2-4,8-9H2,1H3,(H,21,24)/t15?,17?,18-/m1/s1. The SMILES string of the molecule is Cn1cc([C@H](NC(=O)c2ccc3c(c2)CCC3)C2CC(O)C2)cn1. The topological polar surface area (TPSA) is 67.2 Å². The number of aryl methyl sites for hydroxylation is 3. The van der Waals surface area contributed by atoms with E-state index in [2.05, 4.69) is 16.5 Å². The summed E-state index contributed by atoms with van der Waals surface area (Å²) in [5.74, 6) is 0.225. The smallest absolute Gasteiger partial charge is 0.251 e. The molecule has 0 aliphatic heterocycles. The summed E-state index contributed by atoms with van der Waals surface area (Å²) in [6.07, 6.45) is 8.32. The molecule has 1 atom stereocenters. The van der Waals surface area contributed by atoms with Gasteiger partial charge in [-0.2, -0.15) is 5.10 Å². The molecule has 5 heteroatoms. The maximum Gasteiger partial charge on any atom is 0.251 e. The number of aliphatic hydroxyl groups excluding tert-OH is 1. The molecule has 0 spiro atoms. The van der Waals surface area contributed by atoms with Crippen LogP contribution in [0.1, 0.15) is 52.4 Å². The molecule has 2 aliphatic carbocycles. The van der Waals surface area contributed by atoms with Gasteiger partial charge in [-0.05, 0) is 61.3 Å². The zero-order chi connectivity index (χ0) is 16.7. The first-order valence-electron chi connectivity index (χ1n) is 8.69. The van der Waals surface area contributed by atoms with E-state index in [-0.39, 0.29) is 24.0 Å². The van der Waals surface area contributed by atoms with Gasteiger partial charge < -0.3 is 10.4 Å². The average molecular weight is 325 g/mol. The molecule has 2 aliphatic rings. The van der Waals surface area contributed by atoms with E-state index >= 15 is 0 Å². The Morgan fingerprint density at radius 3 is 2.83 bits per heavy atom. The second kappa shape index (κ2) is 6.06. The monoisotopic (exact) mass is 325 g/mol. The van der Waals surface area contributed by atoms with E-state index in [4.69, 9.17) is 0 Å². The number of nitrogens with zero attached hydrogens (tertiary/aromatic N) is 2. The molecule has 1 saturated carbocycles. The summed E-state index contributed by atoms with van der Waals surface area (Å²) >= 11 is 0. The van der Waals surface area contributed by atoms with Crippen molar-refractivity contribution in [3.63, 3.8) is 0 Å². The fraction of sp³-hybridized carbons (Fsp3) is 0.474. The molecule has 2 N–H and O–H groups in total. The van der Waals surface area contributed by atoms with Crippen LogP contribution in [0.2, 0.25) is 0 Å². The molecule has 0 saturated heterocycles. The van der Waals surface area contributed by atoms with Gasteiger partial charge in [0, 0.05) is 24.4 Å². The summed E-state index contributed by atoms with van der Waals surface area (Å²) in [5.41, 5.74) is 4.41. The number of rotatable bonds is 4. The van der Waals surface area contributed by atoms with Crippen LogP contribution in [0.4, 0.5) is 0 Å². The Labute approximate surface area is 141 Å². The van der Waals surface area contributed by atoms with E-state index in [9.17, 15) is 9.90 Å². The summed E-state index contributed by atoms with van der Waals surface area (Å²) < 4.78 is 1.75. The summed E-state index contributed by atoms with van der Waals surface area (Å²) in [5, 5.41) is 17.0. The van der Waals surface area contributed by atoms with Crippen molar-refractivity contribution in [3.8, 4) is 0 Å². The Hall–Kier alpha value is -2.14. The van der Waals surface area contributed by atoms with Crippen LogP contribution in [0.25, 0.3) is 0 Å². The Balaban J connectivity index is 1.54. The largest absolute Gasteiger partial charge is 0.393 e. The number of hydrogen-bond donors (Lipinski definition) is 2. The number of hydrogen-bond acceptors (Lipinski definition) is 3. The summed E-state index contributed by atoms with van der Waals surface area (Å²) in [6, 6.07) is 5.95. The Morgan fingerprint density at radius 2 is 2.12 bits per heavy atom. The minimum atomic E-state index is -0.244. The molecule has 1 amide bonds. The van der Waals surface area contributed by atoms with E-state index in [1.165, 1.54) is 17.5 Å². The van der Waals surface area contributed by atoms with Gasteiger partial charge in [0.25, 0.3) is 5.91 Å². The van der Waals surface area contributed by atoms with Crippen molar-refractivity contribution < 1.29 is 9.90 Å². The number of carbonyl (C=O) groups excluding carboxylic acids is 1. The number of amides is 1. The molecule has 2 aromatic rings. The first-order chi connectivity index (χ1) is 11.6. The van der Waals surface area contributed by atoms with Crippen molar-refractivity contribution in [3.05, 3.63) is 52.8 Å². The van der Waals surface area contributed by atoms with Crippen molar-refractivity contribution in [2.75, 3.05) is 0 Å². The van der Waals surface area contributed by atoms with Gasteiger partial charge in [0.15, 0.2) is 0 Å². The molecule has 0 unspecified atom stereocenters. The molecule has 0 bridgehead atoms. The molecule has 24 heavy (non-hydrogen) atoms. The zero-order valence-electron chi connectivity index (χ0n) is 13.9. The minimum Gasteiger partial charge on any atom is -0.393 e. The lowest BCUT2D eigenvalue weighted by atomic mass is 9.75. The zero-order valence-corrected chi connectivity index (χ0v) is 13.9. The van der Waals surface area contributed by atoms with Gasteiger partial charge in [0.1, 0.15) is 0 Å². The third-order valence-electron chi connectivity index (χ3n) is 5.35. The van der Waals surface area contributed by atoms with Gasteiger partial charge in [0.2, 0.25) is 0 Å². The van der Waals surface area contributed by atoms with Crippen molar-refractivity contribution in [1.29, 1.82) is 0 Å². The third kappa shape index (κ3) is 2.84. The number of carbonyl (C=O) groups is 1. The minimum absolute atomic E-state index is 0.0417. The summed E-state index contributed by atoms with van der Waals surface area (Å²) in [4.78, 5) is 12.8. The molecule has 126 valence electrons. The van der Waals surface area contributed by atoms with Crippen molar-refractivity contribution >= 4 is 5.91 Å². The number of nitrogens with one attached hydrogen (secondary N) is 1. The van der Waals surface area contributed by atoms with Gasteiger partial charge in [0.05, 0.1) is 18.3 Å². The second-order valence-corrected chi connectivity index (χ2v) is 7.12. The van der Waals surface area contributed by atoms with Crippen LogP contribution in [0, 0.1) is 5.92 Å². The maximum absolute atomic E-state index is 12.8. The van der Waals surface area contributed by atoms with Crippen molar-refractivity contribution in [1.82, 2.24) is 15.1 Å². The van der Waals surface area contributed by atoms with Gasteiger partial charge in [-0.3, -0.25) is 9.48 Å². The predicted molar refractivity (Wildman–Crippen MR) is 90.6 cm³/mol. The normalized spacial score (nSPS) is 23.4. The molecule has 4 rings (SSSR count). The van der Waals surface area contributed by atoms with E-state index in [1.807, 2.05) is 25.4 Å². The Morgan fingerprint density at radius 1 is 1.33 bits per heavy atom.